The summed E-state index contributed by atoms with van der Waals surface area (Å²) >= 11 is 0. The van der Waals surface area contributed by atoms with Gasteiger partial charge in [-0.2, -0.15) is 0 Å². The predicted octanol–water partition coefficient (Wildman–Crippen LogP) is 3.76. The largest absolute Gasteiger partial charge is 0.508 e. The summed E-state index contributed by atoms with van der Waals surface area (Å²) in [6.45, 7) is 4.87. The highest BCUT2D eigenvalue weighted by Gasteiger charge is 2.30. The molecule has 1 aliphatic heterocycles. The SMILES string of the molecule is C=CC(=O)N1CC(c2ccc3cc(-c4cc(O)cc5ccccc45)n(CC(N)=O)c3c2)C1. The molecule has 5 rings (SSSR count). The maximum atomic E-state index is 12.0. The zero-order chi connectivity index (χ0) is 22.4. The Balaban J connectivity index is 1.64. The number of nitrogens with zero attached hydrogens (tertiary/aromatic N) is 2. The summed E-state index contributed by atoms with van der Waals surface area (Å²) in [5, 5.41) is 13.2. The first-order valence-electron chi connectivity index (χ1n) is 10.5. The molecule has 3 aromatic carbocycles. The Labute approximate surface area is 185 Å². The molecule has 0 spiro atoms. The number of aromatic nitrogens is 1. The second kappa shape index (κ2) is 7.57. The van der Waals surface area contributed by atoms with E-state index in [1.165, 1.54) is 6.08 Å². The van der Waals surface area contributed by atoms with Crippen LogP contribution in [0.5, 0.6) is 5.75 Å². The van der Waals surface area contributed by atoms with Gasteiger partial charge in [-0.25, -0.2) is 0 Å². The second-order valence-electron chi connectivity index (χ2n) is 8.26. The van der Waals surface area contributed by atoms with E-state index in [0.29, 0.717) is 13.1 Å². The van der Waals surface area contributed by atoms with Crippen molar-refractivity contribution >= 4 is 33.5 Å². The number of aromatic hydroxyl groups is 1. The van der Waals surface area contributed by atoms with Crippen molar-refractivity contribution in [1.29, 1.82) is 0 Å². The van der Waals surface area contributed by atoms with Gasteiger partial charge in [0.25, 0.3) is 0 Å². The van der Waals surface area contributed by atoms with Crippen molar-refractivity contribution in [3.8, 4) is 17.0 Å². The molecule has 3 N–H and O–H groups in total. The minimum absolute atomic E-state index is 0.0258. The molecule has 0 unspecified atom stereocenters. The maximum Gasteiger partial charge on any atom is 0.245 e. The molecular weight excluding hydrogens is 402 g/mol. The van der Waals surface area contributed by atoms with Gasteiger partial charge in [0, 0.05) is 35.5 Å². The molecule has 160 valence electrons. The van der Waals surface area contributed by atoms with Crippen LogP contribution >= 0.6 is 0 Å². The van der Waals surface area contributed by atoms with E-state index in [9.17, 15) is 14.7 Å². The number of hydrogen-bond donors (Lipinski definition) is 2. The van der Waals surface area contributed by atoms with Crippen LogP contribution in [0.25, 0.3) is 32.9 Å². The molecule has 2 heterocycles. The number of hydrogen-bond acceptors (Lipinski definition) is 3. The van der Waals surface area contributed by atoms with Crippen molar-refractivity contribution in [2.75, 3.05) is 13.1 Å². The third kappa shape index (κ3) is 3.30. The zero-order valence-corrected chi connectivity index (χ0v) is 17.5. The van der Waals surface area contributed by atoms with Crippen molar-refractivity contribution in [3.05, 3.63) is 78.9 Å². The molecule has 0 radical (unpaired) electrons. The van der Waals surface area contributed by atoms with E-state index >= 15 is 0 Å². The number of likely N-dealkylation sites (tertiary alicyclic amines) is 1. The van der Waals surface area contributed by atoms with Crippen LogP contribution in [0.3, 0.4) is 0 Å². The Hall–Kier alpha value is -4.06. The highest BCUT2D eigenvalue weighted by Crippen LogP contribution is 2.37. The van der Waals surface area contributed by atoms with Gasteiger partial charge in [0.2, 0.25) is 11.8 Å². The topological polar surface area (TPSA) is 88.6 Å². The van der Waals surface area contributed by atoms with Crippen LogP contribution in [0.1, 0.15) is 11.5 Å². The first-order chi connectivity index (χ1) is 15.4. The van der Waals surface area contributed by atoms with Crippen molar-refractivity contribution in [1.82, 2.24) is 9.47 Å². The minimum atomic E-state index is -0.440. The van der Waals surface area contributed by atoms with Gasteiger partial charge in [-0.3, -0.25) is 9.59 Å². The number of carbonyl (C=O) groups is 2. The van der Waals surface area contributed by atoms with Crippen LogP contribution in [-0.4, -0.2) is 39.5 Å². The van der Waals surface area contributed by atoms with E-state index in [4.69, 9.17) is 5.73 Å². The maximum absolute atomic E-state index is 12.0. The lowest BCUT2D eigenvalue weighted by Gasteiger charge is -2.39. The summed E-state index contributed by atoms with van der Waals surface area (Å²) in [6, 6.07) is 19.5. The summed E-state index contributed by atoms with van der Waals surface area (Å²) < 4.78 is 1.91. The molecule has 6 heteroatoms. The summed E-state index contributed by atoms with van der Waals surface area (Å²) in [6.07, 6.45) is 1.34. The summed E-state index contributed by atoms with van der Waals surface area (Å²) in [4.78, 5) is 25.5. The number of phenolic OH excluding ortho intramolecular Hbond substituents is 1. The molecule has 0 atom stereocenters. The first kappa shape index (κ1) is 19.9. The summed E-state index contributed by atoms with van der Waals surface area (Å²) in [5.41, 5.74) is 9.27. The van der Waals surface area contributed by atoms with Gasteiger partial charge in [0.05, 0.1) is 5.69 Å². The van der Waals surface area contributed by atoms with Crippen LogP contribution in [0, 0.1) is 0 Å². The average Bonchev–Trinajstić information content (AvgIpc) is 3.09. The minimum Gasteiger partial charge on any atom is -0.508 e. The van der Waals surface area contributed by atoms with Crippen molar-refractivity contribution < 1.29 is 14.7 Å². The van der Waals surface area contributed by atoms with Gasteiger partial charge in [-0.05, 0) is 46.7 Å². The van der Waals surface area contributed by atoms with Crippen molar-refractivity contribution in [3.63, 3.8) is 0 Å². The highest BCUT2D eigenvalue weighted by molar-refractivity contribution is 6.00. The Kier molecular flexibility index (Phi) is 4.70. The third-order valence-electron chi connectivity index (χ3n) is 6.20. The number of benzene rings is 3. The molecule has 0 bridgehead atoms. The van der Waals surface area contributed by atoms with E-state index < -0.39 is 5.91 Å². The van der Waals surface area contributed by atoms with Crippen LogP contribution in [0.4, 0.5) is 0 Å². The fourth-order valence-electron chi connectivity index (χ4n) is 4.58. The predicted molar refractivity (Wildman–Crippen MR) is 125 cm³/mol. The van der Waals surface area contributed by atoms with Crippen LogP contribution in [-0.2, 0) is 16.1 Å². The van der Waals surface area contributed by atoms with Crippen molar-refractivity contribution in [2.45, 2.75) is 12.5 Å². The van der Waals surface area contributed by atoms with Crippen LogP contribution in [0.2, 0.25) is 0 Å². The molecule has 0 aliphatic carbocycles. The normalized spacial score (nSPS) is 13.9. The number of rotatable bonds is 5. The molecule has 32 heavy (non-hydrogen) atoms. The molecule has 1 saturated heterocycles. The van der Waals surface area contributed by atoms with Crippen molar-refractivity contribution in [2.24, 2.45) is 5.73 Å². The second-order valence-corrected chi connectivity index (χ2v) is 8.26. The van der Waals surface area contributed by atoms with Gasteiger partial charge >= 0.3 is 0 Å². The monoisotopic (exact) mass is 425 g/mol. The lowest BCUT2D eigenvalue weighted by atomic mass is 9.91. The van der Waals surface area contributed by atoms with Gasteiger partial charge in [-0.1, -0.05) is 43.0 Å². The first-order valence-corrected chi connectivity index (χ1v) is 10.5. The van der Waals surface area contributed by atoms with E-state index in [1.54, 1.807) is 17.0 Å². The Morgan fingerprint density at radius 3 is 2.59 bits per heavy atom. The number of nitrogens with two attached hydrogens (primary N) is 1. The Bertz CT molecular complexity index is 1400. The molecule has 4 aromatic rings. The number of carbonyl (C=O) groups excluding carboxylic acids is 2. The van der Waals surface area contributed by atoms with E-state index in [1.807, 2.05) is 41.0 Å². The standard InChI is InChI=1S/C26H23N3O3/c1-2-26(32)28-13-19(14-28)16-7-8-18-11-24(29(15-25(27)31)23(18)10-16)22-12-20(30)9-17-5-3-4-6-21(17)22/h2-12,19,30H,1,13-15H2,(H2,27,31). The molecule has 1 aliphatic rings. The zero-order valence-electron chi connectivity index (χ0n) is 17.5. The van der Waals surface area contributed by atoms with Gasteiger partial charge in [0.1, 0.15) is 12.3 Å². The Morgan fingerprint density at radius 1 is 1.06 bits per heavy atom. The van der Waals surface area contributed by atoms with E-state index in [-0.39, 0.29) is 24.1 Å². The number of amides is 2. The van der Waals surface area contributed by atoms with E-state index in [0.717, 1.165) is 38.5 Å². The van der Waals surface area contributed by atoms with Gasteiger partial charge in [0.15, 0.2) is 0 Å². The molecule has 1 fully saturated rings. The number of phenols is 1. The molecule has 0 saturated carbocycles. The van der Waals surface area contributed by atoms with Crippen LogP contribution < -0.4 is 5.73 Å². The molecule has 6 nitrogen and oxygen atoms in total. The van der Waals surface area contributed by atoms with Gasteiger partial charge < -0.3 is 20.3 Å². The Morgan fingerprint density at radius 2 is 1.84 bits per heavy atom. The third-order valence-corrected chi connectivity index (χ3v) is 6.20. The fraction of sp³-hybridized carbons (Fsp3) is 0.154. The number of primary amides is 1. The quantitative estimate of drug-likeness (QED) is 0.477. The van der Waals surface area contributed by atoms with E-state index in [2.05, 4.69) is 18.7 Å². The summed E-state index contributed by atoms with van der Waals surface area (Å²) in [5.74, 6) is -0.0931. The lowest BCUT2D eigenvalue weighted by Crippen LogP contribution is -2.47. The average molecular weight is 425 g/mol. The molecule has 2 amide bonds. The smallest absolute Gasteiger partial charge is 0.245 e. The molecule has 1 aromatic heterocycles. The lowest BCUT2D eigenvalue weighted by molar-refractivity contribution is -0.130. The van der Waals surface area contributed by atoms with Crippen LogP contribution in [0.15, 0.2) is 73.3 Å². The molecular formula is C26H23N3O3. The van der Waals surface area contributed by atoms with Gasteiger partial charge in [-0.15, -0.1) is 0 Å². The fourth-order valence-corrected chi connectivity index (χ4v) is 4.58. The number of fused-ring (bicyclic) bond motifs is 2. The summed E-state index contributed by atoms with van der Waals surface area (Å²) in [7, 11) is 0. The highest BCUT2D eigenvalue weighted by atomic mass is 16.3.